The van der Waals surface area contributed by atoms with E-state index in [0.717, 1.165) is 10.9 Å². The summed E-state index contributed by atoms with van der Waals surface area (Å²) in [5.74, 6) is -2.43. The van der Waals surface area contributed by atoms with Gasteiger partial charge in [0.2, 0.25) is 11.7 Å². The highest BCUT2D eigenvalue weighted by molar-refractivity contribution is 5.82. The lowest BCUT2D eigenvalue weighted by molar-refractivity contribution is -0.147. The van der Waals surface area contributed by atoms with E-state index >= 15 is 0 Å². The summed E-state index contributed by atoms with van der Waals surface area (Å²) in [5.41, 5.74) is 6.99. The number of alkyl halides is 3. The van der Waals surface area contributed by atoms with Crippen LogP contribution in [0.2, 0.25) is 0 Å². The highest BCUT2D eigenvalue weighted by Crippen LogP contribution is 2.41. The maximum atomic E-state index is 13.3. The first-order chi connectivity index (χ1) is 10.8. The summed E-state index contributed by atoms with van der Waals surface area (Å²) in [7, 11) is 0. The van der Waals surface area contributed by atoms with Crippen molar-refractivity contribution in [2.24, 2.45) is 5.92 Å². The minimum absolute atomic E-state index is 0.0140. The maximum absolute atomic E-state index is 13.3. The molecule has 0 saturated heterocycles. The normalized spacial score (nSPS) is 21.7. The molecule has 11 heteroatoms. The number of hydrogen-bond acceptors (Lipinski definition) is 6. The Labute approximate surface area is 127 Å². The van der Waals surface area contributed by atoms with E-state index in [2.05, 4.69) is 15.0 Å². The van der Waals surface area contributed by atoms with Gasteiger partial charge in [-0.15, -0.1) is 0 Å². The van der Waals surface area contributed by atoms with Gasteiger partial charge in [-0.2, -0.15) is 13.2 Å². The number of fused-ring (bicyclic) bond motifs is 1. The summed E-state index contributed by atoms with van der Waals surface area (Å²) in [6, 6.07) is -0.617. The van der Waals surface area contributed by atoms with E-state index in [4.69, 9.17) is 10.9 Å². The second kappa shape index (κ2) is 5.33. The molecule has 2 aromatic rings. The molecule has 1 aliphatic carbocycles. The summed E-state index contributed by atoms with van der Waals surface area (Å²) in [6.07, 6.45) is -2.79. The van der Waals surface area contributed by atoms with Crippen LogP contribution >= 0.6 is 0 Å². The summed E-state index contributed by atoms with van der Waals surface area (Å²) in [5, 5.41) is 8.67. The van der Waals surface area contributed by atoms with Gasteiger partial charge < -0.3 is 10.3 Å². The molecule has 1 saturated carbocycles. The summed E-state index contributed by atoms with van der Waals surface area (Å²) in [6.45, 7) is 0. The van der Waals surface area contributed by atoms with E-state index in [9.17, 15) is 18.0 Å². The molecule has 0 aromatic carbocycles. The smallest absolute Gasteiger partial charge is 0.382 e. The Morgan fingerprint density at radius 2 is 2.13 bits per heavy atom. The quantitative estimate of drug-likeness (QED) is 0.564. The molecule has 8 nitrogen and oxygen atoms in total. The number of hydroxylamine groups is 1. The summed E-state index contributed by atoms with van der Waals surface area (Å²) in [4.78, 5) is 22.6. The predicted molar refractivity (Wildman–Crippen MR) is 71.0 cm³/mol. The standard InChI is InChI=1S/C12H13F3N6O2/c13-12(14,15)11-19-7-8(16)17-4-18-9(7)21(11)6-2-1-5(3-6)10(22)20-23/h4-6,23H,1-3H2,(H,20,22)(H2,16,17,18)/t5-,6-/m1/s1. The number of halogens is 3. The van der Waals surface area contributed by atoms with Crippen LogP contribution in [0.15, 0.2) is 6.33 Å². The van der Waals surface area contributed by atoms with Crippen molar-refractivity contribution in [3.05, 3.63) is 12.2 Å². The number of nitrogens with one attached hydrogen (secondary N) is 1. The van der Waals surface area contributed by atoms with Gasteiger partial charge in [-0.25, -0.2) is 20.4 Å². The molecular formula is C12H13F3N6O2. The van der Waals surface area contributed by atoms with Gasteiger partial charge in [0.25, 0.3) is 0 Å². The monoisotopic (exact) mass is 330 g/mol. The third-order valence-corrected chi connectivity index (χ3v) is 4.01. The largest absolute Gasteiger partial charge is 0.449 e. The van der Waals surface area contributed by atoms with Crippen molar-refractivity contribution in [3.63, 3.8) is 0 Å². The van der Waals surface area contributed by atoms with Crippen molar-refractivity contribution >= 4 is 22.9 Å². The average molecular weight is 330 g/mol. The Hall–Kier alpha value is -2.43. The number of imidazole rings is 1. The molecule has 2 aromatic heterocycles. The zero-order valence-electron chi connectivity index (χ0n) is 11.7. The SMILES string of the molecule is Nc1ncnc2c1nc(C(F)(F)F)n2[C@@H]1CC[C@@H](C(=O)NO)C1. The molecule has 0 aliphatic heterocycles. The third-order valence-electron chi connectivity index (χ3n) is 4.01. The Bertz CT molecular complexity index is 759. The van der Waals surface area contributed by atoms with Crippen LogP contribution in [0.1, 0.15) is 31.1 Å². The highest BCUT2D eigenvalue weighted by Gasteiger charge is 2.42. The number of aromatic nitrogens is 4. The van der Waals surface area contributed by atoms with Crippen molar-refractivity contribution < 1.29 is 23.2 Å². The van der Waals surface area contributed by atoms with Crippen LogP contribution in [0.5, 0.6) is 0 Å². The molecule has 4 N–H and O–H groups in total. The summed E-state index contributed by atoms with van der Waals surface area (Å²) < 4.78 is 40.9. The molecule has 1 aliphatic rings. The first-order valence-electron chi connectivity index (χ1n) is 6.82. The number of rotatable bonds is 2. The Balaban J connectivity index is 2.09. The summed E-state index contributed by atoms with van der Waals surface area (Å²) >= 11 is 0. The molecule has 23 heavy (non-hydrogen) atoms. The van der Waals surface area contributed by atoms with Crippen molar-refractivity contribution in [1.82, 2.24) is 25.0 Å². The maximum Gasteiger partial charge on any atom is 0.449 e. The minimum atomic E-state index is -4.69. The van der Waals surface area contributed by atoms with E-state index in [1.807, 2.05) is 0 Å². The number of amides is 1. The van der Waals surface area contributed by atoms with Gasteiger partial charge in [0.05, 0.1) is 0 Å². The third kappa shape index (κ3) is 2.56. The Morgan fingerprint density at radius 1 is 1.39 bits per heavy atom. The number of nitrogens with two attached hydrogens (primary N) is 1. The van der Waals surface area contributed by atoms with Gasteiger partial charge in [-0.3, -0.25) is 10.0 Å². The van der Waals surface area contributed by atoms with E-state index in [-0.39, 0.29) is 23.4 Å². The molecule has 124 valence electrons. The number of nitrogens with zero attached hydrogens (tertiary/aromatic N) is 4. The fourth-order valence-corrected chi connectivity index (χ4v) is 2.99. The van der Waals surface area contributed by atoms with Gasteiger partial charge in [-0.05, 0) is 19.3 Å². The lowest BCUT2D eigenvalue weighted by Crippen LogP contribution is -2.26. The number of carbonyl (C=O) groups is 1. The highest BCUT2D eigenvalue weighted by atomic mass is 19.4. The van der Waals surface area contributed by atoms with Crippen LogP contribution in [0, 0.1) is 5.92 Å². The number of carbonyl (C=O) groups excluding carboxylic acids is 1. The van der Waals surface area contributed by atoms with Crippen molar-refractivity contribution in [2.75, 3.05) is 5.73 Å². The Morgan fingerprint density at radius 3 is 2.78 bits per heavy atom. The van der Waals surface area contributed by atoms with Crippen LogP contribution in [-0.4, -0.2) is 30.6 Å². The van der Waals surface area contributed by atoms with Gasteiger partial charge in [0, 0.05) is 12.0 Å². The van der Waals surface area contributed by atoms with Crippen LogP contribution in [-0.2, 0) is 11.0 Å². The van der Waals surface area contributed by atoms with E-state index in [1.54, 1.807) is 0 Å². The molecule has 0 unspecified atom stereocenters. The lowest BCUT2D eigenvalue weighted by atomic mass is 10.1. The minimum Gasteiger partial charge on any atom is -0.382 e. The van der Waals surface area contributed by atoms with Gasteiger partial charge in [-0.1, -0.05) is 0 Å². The van der Waals surface area contributed by atoms with Crippen molar-refractivity contribution in [2.45, 2.75) is 31.5 Å². The molecule has 0 radical (unpaired) electrons. The van der Waals surface area contributed by atoms with E-state index in [0.29, 0.717) is 12.8 Å². The first kappa shape index (κ1) is 15.5. The van der Waals surface area contributed by atoms with Crippen LogP contribution in [0.4, 0.5) is 19.0 Å². The Kier molecular flexibility index (Phi) is 3.59. The van der Waals surface area contributed by atoms with Crippen LogP contribution in [0.3, 0.4) is 0 Å². The van der Waals surface area contributed by atoms with Crippen LogP contribution in [0.25, 0.3) is 11.2 Å². The fraction of sp³-hybridized carbons (Fsp3) is 0.500. The zero-order valence-corrected chi connectivity index (χ0v) is 11.7. The van der Waals surface area contributed by atoms with Crippen molar-refractivity contribution in [3.8, 4) is 0 Å². The van der Waals surface area contributed by atoms with E-state index in [1.165, 1.54) is 5.48 Å². The van der Waals surface area contributed by atoms with Gasteiger partial charge >= 0.3 is 6.18 Å². The van der Waals surface area contributed by atoms with Crippen molar-refractivity contribution in [1.29, 1.82) is 0 Å². The number of anilines is 1. The van der Waals surface area contributed by atoms with Gasteiger partial charge in [0.15, 0.2) is 17.0 Å². The van der Waals surface area contributed by atoms with Gasteiger partial charge in [0.1, 0.15) is 6.33 Å². The molecule has 1 fully saturated rings. The number of nitrogen functional groups attached to an aromatic ring is 1. The molecule has 0 spiro atoms. The molecule has 1 amide bonds. The molecule has 2 atom stereocenters. The fourth-order valence-electron chi connectivity index (χ4n) is 2.99. The number of hydrogen-bond donors (Lipinski definition) is 3. The second-order valence-electron chi connectivity index (χ2n) is 5.37. The molecule has 2 heterocycles. The zero-order chi connectivity index (χ0) is 16.8. The predicted octanol–water partition coefficient (Wildman–Crippen LogP) is 1.27. The average Bonchev–Trinajstić information content (AvgIpc) is 3.10. The topological polar surface area (TPSA) is 119 Å². The second-order valence-corrected chi connectivity index (χ2v) is 5.37. The molecule has 3 rings (SSSR count). The van der Waals surface area contributed by atoms with Crippen LogP contribution < -0.4 is 11.2 Å². The first-order valence-corrected chi connectivity index (χ1v) is 6.82. The lowest BCUT2D eigenvalue weighted by Gasteiger charge is -2.17. The molecule has 0 bridgehead atoms. The van der Waals surface area contributed by atoms with E-state index < -0.39 is 29.9 Å². The molecular weight excluding hydrogens is 317 g/mol.